The van der Waals surface area contributed by atoms with Crippen molar-refractivity contribution in [2.24, 2.45) is 37.8 Å². The molecule has 2 aliphatic rings. The first-order valence-corrected chi connectivity index (χ1v) is 13.4. The van der Waals surface area contributed by atoms with E-state index in [9.17, 15) is 9.59 Å². The number of carbonyl (C=O) groups is 2. The average Bonchev–Trinajstić information content (AvgIpc) is 3.50. The minimum absolute atomic E-state index is 0.129. The summed E-state index contributed by atoms with van der Waals surface area (Å²) in [5.74, 6) is 1.61. The highest BCUT2D eigenvalue weighted by atomic mass is 35.5. The number of aryl methyl sites for hydroxylation is 2. The van der Waals surface area contributed by atoms with Crippen molar-refractivity contribution < 1.29 is 9.59 Å². The summed E-state index contributed by atoms with van der Waals surface area (Å²) in [6.07, 6.45) is 1.70. The van der Waals surface area contributed by atoms with Gasteiger partial charge in [-0.05, 0) is 72.2 Å². The maximum Gasteiger partial charge on any atom is 0.183 e. The van der Waals surface area contributed by atoms with Gasteiger partial charge in [-0.25, -0.2) is 0 Å². The van der Waals surface area contributed by atoms with E-state index in [-0.39, 0.29) is 23.4 Å². The highest BCUT2D eigenvalue weighted by Crippen LogP contribution is 2.40. The number of fused-ring (bicyclic) bond motifs is 6. The fraction of sp³-hybridized carbons (Fsp3) is 0.400. The Morgan fingerprint density at radius 3 is 1.39 bits per heavy atom. The number of hydrogen-bond donors (Lipinski definition) is 0. The molecule has 2 aromatic carbocycles. The van der Waals surface area contributed by atoms with Crippen molar-refractivity contribution in [3.63, 3.8) is 0 Å². The summed E-state index contributed by atoms with van der Waals surface area (Å²) in [5, 5.41) is 3.74. The lowest BCUT2D eigenvalue weighted by molar-refractivity contribution is 0.0891. The summed E-state index contributed by atoms with van der Waals surface area (Å²) >= 11 is 12.1. The molecule has 4 nitrogen and oxygen atoms in total. The van der Waals surface area contributed by atoms with Crippen molar-refractivity contribution in [1.29, 1.82) is 0 Å². The summed E-state index contributed by atoms with van der Waals surface area (Å²) in [7, 11) is 3.94. The third-order valence-corrected chi connectivity index (χ3v) is 8.60. The van der Waals surface area contributed by atoms with Crippen LogP contribution in [-0.4, -0.2) is 20.7 Å². The SMILES string of the molecule is CC(C)[C@H]1Cc2c(n(C)c3ccc(Cl)cc23)C1=O.CC(C)[C@H]1Cc2c(n(C)c3ccc(Cl)cc23)C1=O. The fourth-order valence-electron chi connectivity index (χ4n) is 6.08. The first kappa shape index (κ1) is 25.1. The standard InChI is InChI=1S/2C15H16ClNO/c2*1-8(2)10-7-12-11-6-9(16)4-5-13(11)17(3)14(12)15(10)18/h2*4-6,8,10H,7H2,1-3H3/t2*10-/m11/s1. The third-order valence-electron chi connectivity index (χ3n) is 8.13. The summed E-state index contributed by atoms with van der Waals surface area (Å²) in [6.45, 7) is 8.46. The van der Waals surface area contributed by atoms with Gasteiger partial charge in [0.25, 0.3) is 0 Å². The number of ketones is 2. The lowest BCUT2D eigenvalue weighted by Gasteiger charge is -2.13. The van der Waals surface area contributed by atoms with Gasteiger partial charge >= 0.3 is 0 Å². The van der Waals surface area contributed by atoms with E-state index in [0.29, 0.717) is 11.8 Å². The predicted octanol–water partition coefficient (Wildman–Crippen LogP) is 7.69. The molecule has 6 heteroatoms. The van der Waals surface area contributed by atoms with Gasteiger partial charge in [-0.1, -0.05) is 50.9 Å². The number of hydrogen-bond acceptors (Lipinski definition) is 2. The molecule has 0 fully saturated rings. The number of aromatic nitrogens is 2. The zero-order valence-corrected chi connectivity index (χ0v) is 23.2. The number of nitrogens with zero attached hydrogens (tertiary/aromatic N) is 2. The van der Waals surface area contributed by atoms with Crippen molar-refractivity contribution in [2.75, 3.05) is 0 Å². The molecule has 36 heavy (non-hydrogen) atoms. The molecule has 4 aromatic rings. The Labute approximate surface area is 222 Å². The molecule has 6 rings (SSSR count). The first-order chi connectivity index (χ1) is 17.0. The Morgan fingerprint density at radius 1 is 0.694 bits per heavy atom. The van der Waals surface area contributed by atoms with Gasteiger partial charge in [-0.2, -0.15) is 0 Å². The van der Waals surface area contributed by atoms with Gasteiger partial charge in [0, 0.05) is 57.8 Å². The summed E-state index contributed by atoms with van der Waals surface area (Å²) < 4.78 is 4.04. The van der Waals surface area contributed by atoms with Gasteiger partial charge in [-0.3, -0.25) is 9.59 Å². The van der Waals surface area contributed by atoms with Gasteiger partial charge in [-0.15, -0.1) is 0 Å². The number of halogens is 2. The lowest BCUT2D eigenvalue weighted by atomic mass is 9.92. The van der Waals surface area contributed by atoms with Crippen LogP contribution in [0, 0.1) is 23.7 Å². The van der Waals surface area contributed by atoms with E-state index in [1.54, 1.807) is 0 Å². The van der Waals surface area contributed by atoms with Gasteiger partial charge < -0.3 is 9.13 Å². The summed E-state index contributed by atoms with van der Waals surface area (Å²) in [4.78, 5) is 24.9. The van der Waals surface area contributed by atoms with Gasteiger partial charge in [0.05, 0.1) is 11.4 Å². The molecule has 2 atom stereocenters. The predicted molar refractivity (Wildman–Crippen MR) is 149 cm³/mol. The van der Waals surface area contributed by atoms with Crippen LogP contribution in [0.25, 0.3) is 21.8 Å². The van der Waals surface area contributed by atoms with Gasteiger partial charge in [0.2, 0.25) is 0 Å². The largest absolute Gasteiger partial charge is 0.341 e. The van der Waals surface area contributed by atoms with Crippen LogP contribution < -0.4 is 0 Å². The Morgan fingerprint density at radius 2 is 1.06 bits per heavy atom. The fourth-order valence-corrected chi connectivity index (χ4v) is 6.42. The molecule has 2 heterocycles. The third kappa shape index (κ3) is 3.81. The van der Waals surface area contributed by atoms with E-state index in [2.05, 4.69) is 27.7 Å². The lowest BCUT2D eigenvalue weighted by Crippen LogP contribution is -2.17. The molecule has 0 saturated carbocycles. The van der Waals surface area contributed by atoms with Crippen LogP contribution in [0.2, 0.25) is 10.0 Å². The number of Topliss-reactive ketones (excluding diaryl/α,β-unsaturated/α-hetero) is 2. The summed E-state index contributed by atoms with van der Waals surface area (Å²) in [6, 6.07) is 11.7. The maximum atomic E-state index is 12.5. The molecule has 0 unspecified atom stereocenters. The first-order valence-electron chi connectivity index (χ1n) is 12.6. The molecule has 0 N–H and O–H groups in total. The van der Waals surface area contributed by atoms with Crippen LogP contribution in [0.15, 0.2) is 36.4 Å². The zero-order valence-electron chi connectivity index (χ0n) is 21.7. The van der Waals surface area contributed by atoms with E-state index in [1.165, 1.54) is 11.1 Å². The van der Waals surface area contributed by atoms with Crippen LogP contribution in [0.1, 0.15) is 59.8 Å². The molecular formula is C30H32Cl2N2O2. The van der Waals surface area contributed by atoms with Gasteiger partial charge in [0.1, 0.15) is 0 Å². The second-order valence-electron chi connectivity index (χ2n) is 10.9. The molecule has 0 saturated heterocycles. The quantitative estimate of drug-likeness (QED) is 0.270. The Kier molecular flexibility index (Phi) is 6.33. The molecule has 0 spiro atoms. The molecule has 188 valence electrons. The summed E-state index contributed by atoms with van der Waals surface area (Å²) in [5.41, 5.74) is 6.31. The number of rotatable bonds is 2. The Balaban J connectivity index is 0.000000148. The van der Waals surface area contributed by atoms with Crippen LogP contribution >= 0.6 is 23.2 Å². The van der Waals surface area contributed by atoms with Crippen LogP contribution in [0.5, 0.6) is 0 Å². The normalized spacial score (nSPS) is 18.9. The highest BCUT2D eigenvalue weighted by molar-refractivity contribution is 6.32. The molecule has 2 aliphatic carbocycles. The van der Waals surface area contributed by atoms with E-state index >= 15 is 0 Å². The van der Waals surface area contributed by atoms with E-state index in [0.717, 1.165) is 56.1 Å². The second kappa shape index (κ2) is 9.08. The van der Waals surface area contributed by atoms with Gasteiger partial charge in [0.15, 0.2) is 11.6 Å². The minimum atomic E-state index is 0.129. The number of carbonyl (C=O) groups excluding carboxylic acids is 2. The van der Waals surface area contributed by atoms with Crippen molar-refractivity contribution in [2.45, 2.75) is 40.5 Å². The minimum Gasteiger partial charge on any atom is -0.341 e. The molecule has 0 radical (unpaired) electrons. The monoisotopic (exact) mass is 522 g/mol. The molecule has 0 bridgehead atoms. The molecular weight excluding hydrogens is 491 g/mol. The zero-order chi connectivity index (χ0) is 26.0. The smallest absolute Gasteiger partial charge is 0.183 e. The second-order valence-corrected chi connectivity index (χ2v) is 11.8. The molecule has 0 amide bonds. The van der Waals surface area contributed by atoms with Crippen molar-refractivity contribution >= 4 is 56.6 Å². The molecule has 0 aliphatic heterocycles. The highest BCUT2D eigenvalue weighted by Gasteiger charge is 2.38. The Bertz CT molecular complexity index is 1420. The van der Waals surface area contributed by atoms with E-state index in [4.69, 9.17) is 23.2 Å². The van der Waals surface area contributed by atoms with E-state index < -0.39 is 0 Å². The topological polar surface area (TPSA) is 44.0 Å². The van der Waals surface area contributed by atoms with Crippen molar-refractivity contribution in [3.8, 4) is 0 Å². The Hall–Kier alpha value is -2.56. The van der Waals surface area contributed by atoms with E-state index in [1.807, 2.05) is 59.6 Å². The van der Waals surface area contributed by atoms with Crippen molar-refractivity contribution in [1.82, 2.24) is 9.13 Å². The number of benzene rings is 2. The van der Waals surface area contributed by atoms with Crippen LogP contribution in [0.3, 0.4) is 0 Å². The van der Waals surface area contributed by atoms with Crippen LogP contribution in [0.4, 0.5) is 0 Å². The van der Waals surface area contributed by atoms with Crippen molar-refractivity contribution in [3.05, 3.63) is 69.0 Å². The molecule has 2 aromatic heterocycles. The maximum absolute atomic E-state index is 12.5. The van der Waals surface area contributed by atoms with Crippen LogP contribution in [-0.2, 0) is 26.9 Å². The average molecular weight is 524 g/mol.